The molecule has 0 aromatic rings. The summed E-state index contributed by atoms with van der Waals surface area (Å²) in [6, 6.07) is 0. The smallest absolute Gasteiger partial charge is 0.151 e. The normalized spacial score (nSPS) is 18.5. The number of hydrogen-bond acceptors (Lipinski definition) is 5. The van der Waals surface area contributed by atoms with Crippen LogP contribution < -0.4 is 0 Å². The number of carbonyl (C=O) groups is 1. The SMILES string of the molecule is CC(C)(C)CC(O)(CC(C)(C)C)[C@@H](O)[C@H](O)[C@@H](O)C=O. The molecular formula is C15H30O5. The first-order chi connectivity index (χ1) is 8.72. The van der Waals surface area contributed by atoms with Gasteiger partial charge in [-0.15, -0.1) is 0 Å². The van der Waals surface area contributed by atoms with E-state index in [1.807, 2.05) is 41.5 Å². The third-order valence-corrected chi connectivity index (χ3v) is 3.04. The van der Waals surface area contributed by atoms with Gasteiger partial charge in [0, 0.05) is 0 Å². The third kappa shape index (κ3) is 6.31. The van der Waals surface area contributed by atoms with E-state index in [2.05, 4.69) is 0 Å². The molecule has 0 fully saturated rings. The predicted molar refractivity (Wildman–Crippen MR) is 77.2 cm³/mol. The number of carbonyl (C=O) groups excluding carboxylic acids is 1. The number of aldehydes is 1. The molecule has 0 rings (SSSR count). The first-order valence-corrected chi connectivity index (χ1v) is 6.94. The van der Waals surface area contributed by atoms with Gasteiger partial charge in [-0.25, -0.2) is 0 Å². The van der Waals surface area contributed by atoms with Gasteiger partial charge >= 0.3 is 0 Å². The summed E-state index contributed by atoms with van der Waals surface area (Å²) in [5.74, 6) is 0. The molecule has 3 atom stereocenters. The highest BCUT2D eigenvalue weighted by atomic mass is 16.4. The van der Waals surface area contributed by atoms with Gasteiger partial charge < -0.3 is 25.2 Å². The summed E-state index contributed by atoms with van der Waals surface area (Å²) in [5.41, 5.74) is -2.15. The lowest BCUT2D eigenvalue weighted by atomic mass is 9.70. The minimum Gasteiger partial charge on any atom is -0.387 e. The molecule has 0 aromatic heterocycles. The Bertz CT molecular complexity index is 297. The topological polar surface area (TPSA) is 98.0 Å². The van der Waals surface area contributed by atoms with Gasteiger partial charge in [-0.2, -0.15) is 0 Å². The van der Waals surface area contributed by atoms with Crippen LogP contribution in [0.15, 0.2) is 0 Å². The van der Waals surface area contributed by atoms with Crippen molar-refractivity contribution in [3.05, 3.63) is 0 Å². The van der Waals surface area contributed by atoms with E-state index in [4.69, 9.17) is 0 Å². The molecule has 0 unspecified atom stereocenters. The molecule has 0 saturated carbocycles. The van der Waals surface area contributed by atoms with Crippen molar-refractivity contribution in [3.63, 3.8) is 0 Å². The zero-order chi connectivity index (χ0) is 16.4. The van der Waals surface area contributed by atoms with E-state index in [1.54, 1.807) is 0 Å². The maximum atomic E-state index is 10.8. The maximum Gasteiger partial charge on any atom is 0.151 e. The van der Waals surface area contributed by atoms with Gasteiger partial charge in [0.25, 0.3) is 0 Å². The molecule has 0 aromatic carbocycles. The summed E-state index contributed by atoms with van der Waals surface area (Å²) in [5, 5.41) is 40.3. The minimum atomic E-state index is -1.71. The highest BCUT2D eigenvalue weighted by Crippen LogP contribution is 2.39. The van der Waals surface area contributed by atoms with Crippen LogP contribution in [-0.4, -0.2) is 50.6 Å². The largest absolute Gasteiger partial charge is 0.387 e. The summed E-state index contributed by atoms with van der Waals surface area (Å²) in [7, 11) is 0. The molecule has 0 amide bonds. The van der Waals surface area contributed by atoms with E-state index in [0.717, 1.165) is 0 Å². The summed E-state index contributed by atoms with van der Waals surface area (Å²) < 4.78 is 0. The van der Waals surface area contributed by atoms with Crippen LogP contribution in [0, 0.1) is 10.8 Å². The predicted octanol–water partition coefficient (Wildman–Crippen LogP) is 0.871. The average Bonchev–Trinajstić information content (AvgIpc) is 2.20. The highest BCUT2D eigenvalue weighted by molar-refractivity contribution is 5.56. The van der Waals surface area contributed by atoms with E-state index in [0.29, 0.717) is 0 Å². The van der Waals surface area contributed by atoms with Crippen LogP contribution in [-0.2, 0) is 4.79 Å². The quantitative estimate of drug-likeness (QED) is 0.544. The molecule has 0 radical (unpaired) electrons. The van der Waals surface area contributed by atoms with Crippen molar-refractivity contribution < 1.29 is 25.2 Å². The maximum absolute atomic E-state index is 10.8. The standard InChI is InChI=1S/C15H30O5/c1-13(2,3)8-15(20,9-14(4,5)6)12(19)11(18)10(17)7-16/h7,10-12,17-20H,8-9H2,1-6H3/t10-,11+,12-/m0/s1. The minimum absolute atomic E-state index is 0.155. The number of rotatable bonds is 6. The van der Waals surface area contributed by atoms with E-state index in [-0.39, 0.29) is 30.0 Å². The molecule has 5 heteroatoms. The van der Waals surface area contributed by atoms with Gasteiger partial charge in [0.05, 0.1) is 5.60 Å². The first kappa shape index (κ1) is 19.5. The Labute approximate surface area is 121 Å². The van der Waals surface area contributed by atoms with E-state index < -0.39 is 23.9 Å². The van der Waals surface area contributed by atoms with Gasteiger partial charge in [-0.05, 0) is 23.7 Å². The number of hydrogen-bond donors (Lipinski definition) is 4. The fourth-order valence-corrected chi connectivity index (χ4v) is 2.69. The van der Waals surface area contributed by atoms with Crippen LogP contribution in [0.2, 0.25) is 0 Å². The molecule has 0 aliphatic heterocycles. The molecule has 20 heavy (non-hydrogen) atoms. The second kappa shape index (κ2) is 6.52. The molecule has 0 saturated heterocycles. The van der Waals surface area contributed by atoms with Crippen molar-refractivity contribution in [1.29, 1.82) is 0 Å². The van der Waals surface area contributed by atoms with E-state index in [1.165, 1.54) is 0 Å². The molecule has 4 N–H and O–H groups in total. The van der Waals surface area contributed by atoms with Gasteiger partial charge in [-0.3, -0.25) is 0 Å². The second-order valence-electron chi connectivity index (χ2n) is 8.14. The summed E-state index contributed by atoms with van der Waals surface area (Å²) >= 11 is 0. The Morgan fingerprint density at radius 3 is 1.50 bits per heavy atom. The number of aliphatic hydroxyl groups excluding tert-OH is 3. The zero-order valence-corrected chi connectivity index (χ0v) is 13.4. The van der Waals surface area contributed by atoms with Crippen molar-refractivity contribution in [2.45, 2.75) is 78.3 Å². The van der Waals surface area contributed by atoms with Crippen LogP contribution in [0.5, 0.6) is 0 Å². The lowest BCUT2D eigenvalue weighted by Gasteiger charge is -2.43. The first-order valence-electron chi connectivity index (χ1n) is 6.94. The summed E-state index contributed by atoms with van der Waals surface area (Å²) in [4.78, 5) is 10.5. The van der Waals surface area contributed by atoms with Gasteiger partial charge in [0.1, 0.15) is 18.3 Å². The van der Waals surface area contributed by atoms with Gasteiger partial charge in [-0.1, -0.05) is 41.5 Å². The van der Waals surface area contributed by atoms with Crippen LogP contribution >= 0.6 is 0 Å². The fourth-order valence-electron chi connectivity index (χ4n) is 2.69. The van der Waals surface area contributed by atoms with Gasteiger partial charge in [0.15, 0.2) is 6.29 Å². The van der Waals surface area contributed by atoms with Crippen LogP contribution in [0.4, 0.5) is 0 Å². The molecule has 0 aliphatic carbocycles. The lowest BCUT2D eigenvalue weighted by molar-refractivity contribution is -0.175. The lowest BCUT2D eigenvalue weighted by Crippen LogP contribution is -2.56. The summed E-state index contributed by atoms with van der Waals surface area (Å²) in [6.07, 6.45) is -4.38. The summed E-state index contributed by atoms with van der Waals surface area (Å²) in [6.45, 7) is 11.5. The molecular weight excluding hydrogens is 260 g/mol. The Morgan fingerprint density at radius 1 is 0.900 bits per heavy atom. The fraction of sp³-hybridized carbons (Fsp3) is 0.933. The van der Waals surface area contributed by atoms with Crippen molar-refractivity contribution in [2.24, 2.45) is 10.8 Å². The Hall–Kier alpha value is -0.490. The average molecular weight is 290 g/mol. The molecule has 5 nitrogen and oxygen atoms in total. The molecule has 120 valence electrons. The zero-order valence-electron chi connectivity index (χ0n) is 13.4. The monoisotopic (exact) mass is 290 g/mol. The van der Waals surface area contributed by atoms with Crippen molar-refractivity contribution in [3.8, 4) is 0 Å². The highest BCUT2D eigenvalue weighted by Gasteiger charge is 2.46. The van der Waals surface area contributed by atoms with Gasteiger partial charge in [0.2, 0.25) is 0 Å². The van der Waals surface area contributed by atoms with Crippen LogP contribution in [0.25, 0.3) is 0 Å². The van der Waals surface area contributed by atoms with E-state index in [9.17, 15) is 25.2 Å². The second-order valence-corrected chi connectivity index (χ2v) is 8.14. The van der Waals surface area contributed by atoms with Crippen molar-refractivity contribution in [2.75, 3.05) is 0 Å². The van der Waals surface area contributed by atoms with E-state index >= 15 is 0 Å². The van der Waals surface area contributed by atoms with Crippen LogP contribution in [0.1, 0.15) is 54.4 Å². The third-order valence-electron chi connectivity index (χ3n) is 3.04. The Kier molecular flexibility index (Phi) is 6.36. The molecule has 0 bridgehead atoms. The molecule has 0 spiro atoms. The molecule has 0 aliphatic rings. The number of aliphatic hydroxyl groups is 4. The molecule has 0 heterocycles. The van der Waals surface area contributed by atoms with Crippen molar-refractivity contribution >= 4 is 6.29 Å². The Morgan fingerprint density at radius 2 is 1.25 bits per heavy atom. The van der Waals surface area contributed by atoms with Crippen LogP contribution in [0.3, 0.4) is 0 Å². The van der Waals surface area contributed by atoms with Crippen molar-refractivity contribution in [1.82, 2.24) is 0 Å². The Balaban J connectivity index is 5.35.